The summed E-state index contributed by atoms with van der Waals surface area (Å²) in [6.07, 6.45) is 1.77. The second-order valence-electron chi connectivity index (χ2n) is 5.38. The zero-order valence-electron chi connectivity index (χ0n) is 12.9. The van der Waals surface area contributed by atoms with E-state index in [4.69, 9.17) is 33.3 Å². The van der Waals surface area contributed by atoms with Gasteiger partial charge < -0.3 is 9.47 Å². The van der Waals surface area contributed by atoms with Crippen LogP contribution in [-0.2, 0) is 4.79 Å². The summed E-state index contributed by atoms with van der Waals surface area (Å²) in [7, 11) is 0. The Hall–Kier alpha value is -2.02. The molecule has 2 aromatic carbocycles. The third kappa shape index (κ3) is 3.13. The molecule has 2 heterocycles. The van der Waals surface area contributed by atoms with Gasteiger partial charge >= 0.3 is 0 Å². The largest absolute Gasteiger partial charge is 0.486 e. The van der Waals surface area contributed by atoms with E-state index in [0.717, 1.165) is 11.3 Å². The van der Waals surface area contributed by atoms with Crippen molar-refractivity contribution in [2.75, 3.05) is 18.1 Å². The highest BCUT2D eigenvalue weighted by Gasteiger charge is 2.33. The first-order valence-electron chi connectivity index (χ1n) is 7.55. The molecule has 0 saturated carbocycles. The van der Waals surface area contributed by atoms with Gasteiger partial charge in [0.1, 0.15) is 13.2 Å². The van der Waals surface area contributed by atoms with Crippen LogP contribution in [0.4, 0.5) is 5.69 Å². The van der Waals surface area contributed by atoms with E-state index in [-0.39, 0.29) is 5.91 Å². The maximum Gasteiger partial charge on any atom is 0.270 e. The number of hydrogen-bond acceptors (Lipinski definition) is 5. The van der Waals surface area contributed by atoms with Gasteiger partial charge in [0.2, 0.25) is 0 Å². The van der Waals surface area contributed by atoms with Crippen molar-refractivity contribution in [2.45, 2.75) is 0 Å². The van der Waals surface area contributed by atoms with E-state index in [1.165, 1.54) is 16.7 Å². The highest BCUT2D eigenvalue weighted by molar-refractivity contribution is 8.27. The van der Waals surface area contributed by atoms with E-state index >= 15 is 0 Å². The number of rotatable bonds is 2. The molecule has 0 aromatic heterocycles. The number of carbonyl (C=O) groups excluding carboxylic acids is 1. The summed E-state index contributed by atoms with van der Waals surface area (Å²) in [5.74, 6) is 0.984. The topological polar surface area (TPSA) is 38.8 Å². The molecule has 25 heavy (non-hydrogen) atoms. The summed E-state index contributed by atoms with van der Waals surface area (Å²) < 4.78 is 11.6. The third-order valence-corrected chi connectivity index (χ3v) is 5.31. The fraction of sp³-hybridized carbons (Fsp3) is 0.111. The van der Waals surface area contributed by atoms with Crippen LogP contribution in [-0.4, -0.2) is 23.4 Å². The Labute approximate surface area is 159 Å². The Kier molecular flexibility index (Phi) is 4.41. The van der Waals surface area contributed by atoms with Gasteiger partial charge in [0.05, 0.1) is 15.6 Å². The summed E-state index contributed by atoms with van der Waals surface area (Å²) in [6.45, 7) is 0.949. The molecule has 0 unspecified atom stereocenters. The van der Waals surface area contributed by atoms with Crippen LogP contribution in [0.2, 0.25) is 5.02 Å². The van der Waals surface area contributed by atoms with Crippen LogP contribution >= 0.6 is 35.6 Å². The lowest BCUT2D eigenvalue weighted by Gasteiger charge is -2.19. The Morgan fingerprint density at radius 3 is 2.72 bits per heavy atom. The van der Waals surface area contributed by atoms with Gasteiger partial charge in [-0.25, -0.2) is 0 Å². The molecule has 2 aromatic rings. The normalized spacial score (nSPS) is 18.1. The van der Waals surface area contributed by atoms with Gasteiger partial charge in [-0.15, -0.1) is 0 Å². The number of amides is 1. The van der Waals surface area contributed by atoms with Gasteiger partial charge in [-0.3, -0.25) is 9.69 Å². The SMILES string of the molecule is O=C1/C(=C/c2cc(Cl)c3c(c2)OCCO3)SC(=S)N1c1ccccc1. The quantitative estimate of drug-likeness (QED) is 0.558. The molecule has 7 heteroatoms. The zero-order chi connectivity index (χ0) is 17.4. The smallest absolute Gasteiger partial charge is 0.270 e. The number of nitrogens with zero attached hydrogens (tertiary/aromatic N) is 1. The Bertz CT molecular complexity index is 899. The van der Waals surface area contributed by atoms with Crippen LogP contribution in [0.3, 0.4) is 0 Å². The molecule has 0 bridgehead atoms. The number of hydrogen-bond donors (Lipinski definition) is 0. The molecule has 1 saturated heterocycles. The fourth-order valence-electron chi connectivity index (χ4n) is 2.63. The summed E-state index contributed by atoms with van der Waals surface area (Å²) in [6, 6.07) is 12.9. The first kappa shape index (κ1) is 16.4. The molecule has 126 valence electrons. The Morgan fingerprint density at radius 2 is 1.92 bits per heavy atom. The van der Waals surface area contributed by atoms with Gasteiger partial charge in [0, 0.05) is 0 Å². The first-order valence-corrected chi connectivity index (χ1v) is 9.16. The molecule has 2 aliphatic rings. The molecule has 0 spiro atoms. The van der Waals surface area contributed by atoms with E-state index in [9.17, 15) is 4.79 Å². The van der Waals surface area contributed by atoms with Crippen LogP contribution in [0.15, 0.2) is 47.4 Å². The average Bonchev–Trinajstić information content (AvgIpc) is 2.89. The molecule has 1 fully saturated rings. The Morgan fingerprint density at radius 1 is 1.16 bits per heavy atom. The Balaban J connectivity index is 1.68. The van der Waals surface area contributed by atoms with Crippen molar-refractivity contribution in [3.8, 4) is 11.5 Å². The van der Waals surface area contributed by atoms with Crippen LogP contribution in [0.5, 0.6) is 11.5 Å². The van der Waals surface area contributed by atoms with Gasteiger partial charge in [-0.1, -0.05) is 53.8 Å². The number of fused-ring (bicyclic) bond motifs is 1. The van der Waals surface area contributed by atoms with Crippen molar-refractivity contribution in [3.05, 3.63) is 58.0 Å². The maximum atomic E-state index is 12.8. The second-order valence-corrected chi connectivity index (χ2v) is 7.46. The van der Waals surface area contributed by atoms with E-state index < -0.39 is 0 Å². The van der Waals surface area contributed by atoms with Crippen LogP contribution in [0.1, 0.15) is 5.56 Å². The van der Waals surface area contributed by atoms with E-state index in [0.29, 0.717) is 39.0 Å². The molecule has 0 atom stereocenters. The average molecular weight is 390 g/mol. The van der Waals surface area contributed by atoms with Crippen molar-refractivity contribution < 1.29 is 14.3 Å². The lowest BCUT2D eigenvalue weighted by atomic mass is 10.1. The van der Waals surface area contributed by atoms with E-state index in [2.05, 4.69) is 0 Å². The fourth-order valence-corrected chi connectivity index (χ4v) is 4.21. The predicted molar refractivity (Wildman–Crippen MR) is 105 cm³/mol. The molecular weight excluding hydrogens is 378 g/mol. The number of halogens is 1. The van der Waals surface area contributed by atoms with Crippen LogP contribution < -0.4 is 14.4 Å². The molecule has 0 radical (unpaired) electrons. The van der Waals surface area contributed by atoms with Gasteiger partial charge in [0.15, 0.2) is 15.8 Å². The summed E-state index contributed by atoms with van der Waals surface area (Å²) in [4.78, 5) is 14.8. The minimum absolute atomic E-state index is 0.146. The first-order chi connectivity index (χ1) is 12.1. The summed E-state index contributed by atoms with van der Waals surface area (Å²) in [5, 5.41) is 0.460. The number of benzene rings is 2. The second kappa shape index (κ2) is 6.71. The van der Waals surface area contributed by atoms with Crippen molar-refractivity contribution in [1.82, 2.24) is 0 Å². The van der Waals surface area contributed by atoms with Gasteiger partial charge in [-0.2, -0.15) is 0 Å². The standard InChI is InChI=1S/C18H12ClNO3S2/c19-13-8-11(9-14-16(13)23-7-6-22-14)10-15-17(21)20(18(24)25-15)12-4-2-1-3-5-12/h1-5,8-10H,6-7H2/b15-10-. The molecule has 1 amide bonds. The van der Waals surface area contributed by atoms with Crippen LogP contribution in [0.25, 0.3) is 6.08 Å². The highest BCUT2D eigenvalue weighted by Crippen LogP contribution is 2.41. The number of para-hydroxylation sites is 1. The summed E-state index contributed by atoms with van der Waals surface area (Å²) in [5.41, 5.74) is 1.52. The monoisotopic (exact) mass is 389 g/mol. The summed E-state index contributed by atoms with van der Waals surface area (Å²) >= 11 is 12.9. The molecule has 0 N–H and O–H groups in total. The molecule has 2 aliphatic heterocycles. The van der Waals surface area contributed by atoms with Crippen molar-refractivity contribution in [1.29, 1.82) is 0 Å². The van der Waals surface area contributed by atoms with Crippen LogP contribution in [0, 0.1) is 0 Å². The lowest BCUT2D eigenvalue weighted by Crippen LogP contribution is -2.27. The van der Waals surface area contributed by atoms with Gasteiger partial charge in [-0.05, 0) is 35.9 Å². The minimum atomic E-state index is -0.146. The highest BCUT2D eigenvalue weighted by atomic mass is 35.5. The number of carbonyl (C=O) groups is 1. The van der Waals surface area contributed by atoms with Crippen molar-refractivity contribution in [2.24, 2.45) is 0 Å². The zero-order valence-corrected chi connectivity index (χ0v) is 15.3. The lowest BCUT2D eigenvalue weighted by molar-refractivity contribution is -0.113. The van der Waals surface area contributed by atoms with E-state index in [1.54, 1.807) is 12.1 Å². The van der Waals surface area contributed by atoms with E-state index in [1.807, 2.05) is 36.4 Å². The predicted octanol–water partition coefficient (Wildman–Crippen LogP) is 4.52. The van der Waals surface area contributed by atoms with Crippen molar-refractivity contribution in [3.63, 3.8) is 0 Å². The minimum Gasteiger partial charge on any atom is -0.486 e. The number of thioether (sulfide) groups is 1. The number of anilines is 1. The molecule has 0 aliphatic carbocycles. The molecule has 4 rings (SSSR count). The third-order valence-electron chi connectivity index (χ3n) is 3.73. The van der Waals surface area contributed by atoms with Crippen molar-refractivity contribution >= 4 is 57.6 Å². The molecular formula is C18H12ClNO3S2. The number of ether oxygens (including phenoxy) is 2. The molecule has 4 nitrogen and oxygen atoms in total. The number of thiocarbonyl (C=S) groups is 1. The van der Waals surface area contributed by atoms with Gasteiger partial charge in [0.25, 0.3) is 5.91 Å². The maximum absolute atomic E-state index is 12.8.